The average Bonchev–Trinajstić information content (AvgIpc) is 2.60. The van der Waals surface area contributed by atoms with Gasteiger partial charge in [0, 0.05) is 5.69 Å². The van der Waals surface area contributed by atoms with E-state index in [0.29, 0.717) is 18.5 Å². The molecule has 25 heavy (non-hydrogen) atoms. The number of carboxylic acids is 1. The van der Waals surface area contributed by atoms with Gasteiger partial charge < -0.3 is 10.4 Å². The van der Waals surface area contributed by atoms with E-state index in [1.165, 1.54) is 0 Å². The summed E-state index contributed by atoms with van der Waals surface area (Å²) in [7, 11) is 0. The predicted octanol–water partition coefficient (Wildman–Crippen LogP) is 3.63. The van der Waals surface area contributed by atoms with E-state index in [4.69, 9.17) is 0 Å². The highest BCUT2D eigenvalue weighted by atomic mass is 35.5. The smallest absolute Gasteiger partial charge is 0.320 e. The lowest BCUT2D eigenvalue weighted by Crippen LogP contribution is -2.43. The topological polar surface area (TPSA) is 78.4 Å². The van der Waals surface area contributed by atoms with Crippen LogP contribution in [0, 0.1) is 0 Å². The van der Waals surface area contributed by atoms with Gasteiger partial charge in [-0.3, -0.25) is 14.9 Å². The summed E-state index contributed by atoms with van der Waals surface area (Å²) in [5.41, 5.74) is 1.40. The first kappa shape index (κ1) is 20.7. The Bertz CT molecular complexity index is 665. The highest BCUT2D eigenvalue weighted by Gasteiger charge is 2.27. The second-order valence-corrected chi connectivity index (χ2v) is 5.55. The molecule has 1 amide bonds. The number of benzene rings is 2. The van der Waals surface area contributed by atoms with Gasteiger partial charge in [0.05, 0.1) is 0 Å². The quantitative estimate of drug-likeness (QED) is 0.670. The van der Waals surface area contributed by atoms with E-state index in [9.17, 15) is 14.7 Å². The molecule has 0 aliphatic rings. The van der Waals surface area contributed by atoms with Gasteiger partial charge in [-0.2, -0.15) is 0 Å². The summed E-state index contributed by atoms with van der Waals surface area (Å²) in [6, 6.07) is 16.7. The van der Waals surface area contributed by atoms with E-state index >= 15 is 0 Å². The summed E-state index contributed by atoms with van der Waals surface area (Å²) in [5, 5.41) is 15.2. The zero-order valence-electron chi connectivity index (χ0n) is 14.0. The van der Waals surface area contributed by atoms with E-state index in [-0.39, 0.29) is 18.3 Å². The number of para-hydroxylation sites is 1. The van der Waals surface area contributed by atoms with Gasteiger partial charge in [0.15, 0.2) is 0 Å². The number of halogens is 1. The Balaban J connectivity index is 0.00000312. The largest absolute Gasteiger partial charge is 0.480 e. The van der Waals surface area contributed by atoms with Gasteiger partial charge in [0.25, 0.3) is 0 Å². The van der Waals surface area contributed by atoms with Crippen molar-refractivity contribution in [1.82, 2.24) is 5.32 Å². The van der Waals surface area contributed by atoms with Crippen LogP contribution < -0.4 is 10.6 Å². The van der Waals surface area contributed by atoms with Crippen molar-refractivity contribution in [2.75, 3.05) is 5.32 Å². The maximum atomic E-state index is 12.7. The molecule has 2 aromatic carbocycles. The normalized spacial score (nSPS) is 12.5. The van der Waals surface area contributed by atoms with Crippen molar-refractivity contribution in [2.24, 2.45) is 0 Å². The maximum absolute atomic E-state index is 12.7. The lowest BCUT2D eigenvalue weighted by atomic mass is 10.0. The lowest BCUT2D eigenvalue weighted by molar-refractivity contribution is -0.140. The van der Waals surface area contributed by atoms with Crippen molar-refractivity contribution in [1.29, 1.82) is 0 Å². The van der Waals surface area contributed by atoms with Crippen LogP contribution in [-0.2, 0) is 9.59 Å². The summed E-state index contributed by atoms with van der Waals surface area (Å²) in [6.07, 6.45) is 1.17. The number of nitrogens with one attached hydrogen (secondary N) is 2. The van der Waals surface area contributed by atoms with E-state index in [1.807, 2.05) is 55.5 Å². The minimum Gasteiger partial charge on any atom is -0.480 e. The third kappa shape index (κ3) is 6.21. The van der Waals surface area contributed by atoms with Crippen LogP contribution in [0.1, 0.15) is 31.4 Å². The van der Waals surface area contributed by atoms with Gasteiger partial charge in [-0.05, 0) is 24.1 Å². The Labute approximate surface area is 153 Å². The Morgan fingerprint density at radius 3 is 2.08 bits per heavy atom. The summed E-state index contributed by atoms with van der Waals surface area (Å²) < 4.78 is 0. The number of carboxylic acid groups (broad SMARTS) is 1. The van der Waals surface area contributed by atoms with E-state index in [0.717, 1.165) is 5.56 Å². The molecule has 0 aliphatic heterocycles. The number of anilines is 1. The van der Waals surface area contributed by atoms with Crippen LogP contribution in [-0.4, -0.2) is 23.0 Å². The third-order valence-electron chi connectivity index (χ3n) is 3.68. The summed E-state index contributed by atoms with van der Waals surface area (Å²) in [6.45, 7) is 1.92. The van der Waals surface area contributed by atoms with Crippen LogP contribution in [0.15, 0.2) is 60.7 Å². The third-order valence-corrected chi connectivity index (χ3v) is 3.68. The molecule has 6 heteroatoms. The minimum absolute atomic E-state index is 0. The molecular weight excluding hydrogens is 340 g/mol. The number of carbonyl (C=O) groups is 2. The molecule has 2 unspecified atom stereocenters. The molecule has 0 fully saturated rings. The number of amides is 1. The zero-order chi connectivity index (χ0) is 17.4. The van der Waals surface area contributed by atoms with Crippen molar-refractivity contribution < 1.29 is 14.7 Å². The van der Waals surface area contributed by atoms with Crippen molar-refractivity contribution in [3.63, 3.8) is 0 Å². The van der Waals surface area contributed by atoms with Crippen molar-refractivity contribution in [3.8, 4) is 0 Å². The molecule has 3 N–H and O–H groups in total. The molecule has 134 valence electrons. The van der Waals surface area contributed by atoms with Crippen LogP contribution in [0.2, 0.25) is 0 Å². The van der Waals surface area contributed by atoms with Crippen LogP contribution >= 0.6 is 12.4 Å². The Morgan fingerprint density at radius 1 is 1.00 bits per heavy atom. The molecule has 0 saturated heterocycles. The molecule has 5 nitrogen and oxygen atoms in total. The summed E-state index contributed by atoms with van der Waals surface area (Å²) in [4.78, 5) is 24.2. The molecule has 0 radical (unpaired) electrons. The van der Waals surface area contributed by atoms with E-state index in [1.54, 1.807) is 12.1 Å². The van der Waals surface area contributed by atoms with Gasteiger partial charge >= 0.3 is 5.97 Å². The van der Waals surface area contributed by atoms with Gasteiger partial charge in [-0.25, -0.2) is 0 Å². The van der Waals surface area contributed by atoms with E-state index in [2.05, 4.69) is 10.6 Å². The molecule has 2 rings (SSSR count). The van der Waals surface area contributed by atoms with Crippen molar-refractivity contribution in [2.45, 2.75) is 31.8 Å². The highest BCUT2D eigenvalue weighted by molar-refractivity contribution is 5.96. The second-order valence-electron chi connectivity index (χ2n) is 5.55. The molecule has 0 spiro atoms. The number of hydrogen-bond donors (Lipinski definition) is 3. The fourth-order valence-electron chi connectivity index (χ4n) is 2.47. The fourth-order valence-corrected chi connectivity index (χ4v) is 2.47. The molecule has 0 aromatic heterocycles. The minimum atomic E-state index is -0.953. The van der Waals surface area contributed by atoms with Gasteiger partial charge in [-0.1, -0.05) is 61.9 Å². The van der Waals surface area contributed by atoms with Gasteiger partial charge in [0.2, 0.25) is 5.91 Å². The first-order valence-electron chi connectivity index (χ1n) is 8.01. The van der Waals surface area contributed by atoms with Crippen LogP contribution in [0.5, 0.6) is 0 Å². The Hall–Kier alpha value is -2.37. The number of carbonyl (C=O) groups excluding carboxylic acids is 1. The molecule has 2 atom stereocenters. The number of hydrogen-bond acceptors (Lipinski definition) is 3. The van der Waals surface area contributed by atoms with Crippen LogP contribution in [0.3, 0.4) is 0 Å². The second kappa shape index (κ2) is 10.5. The monoisotopic (exact) mass is 362 g/mol. The average molecular weight is 363 g/mol. The standard InChI is InChI=1S/C19H22N2O3.ClH/c1-2-9-16(19(23)24)21-17(14-10-5-3-6-11-14)18(22)20-15-12-7-4-8-13-15;/h3-8,10-13,16-17,21H,2,9H2,1H3,(H,20,22)(H,23,24);1H. The van der Waals surface area contributed by atoms with Gasteiger partial charge in [-0.15, -0.1) is 12.4 Å². The van der Waals surface area contributed by atoms with Crippen LogP contribution in [0.25, 0.3) is 0 Å². The molecule has 0 heterocycles. The predicted molar refractivity (Wildman–Crippen MR) is 101 cm³/mol. The van der Waals surface area contributed by atoms with Gasteiger partial charge in [0.1, 0.15) is 12.1 Å². The van der Waals surface area contributed by atoms with Crippen molar-refractivity contribution in [3.05, 3.63) is 66.2 Å². The number of aliphatic carboxylic acids is 1. The Morgan fingerprint density at radius 2 is 1.56 bits per heavy atom. The first-order valence-corrected chi connectivity index (χ1v) is 8.01. The summed E-state index contributed by atoms with van der Waals surface area (Å²) >= 11 is 0. The SMILES string of the molecule is CCCC(NC(C(=O)Nc1ccccc1)c1ccccc1)C(=O)O.Cl. The van der Waals surface area contributed by atoms with E-state index < -0.39 is 18.1 Å². The molecule has 0 saturated carbocycles. The molecule has 2 aromatic rings. The van der Waals surface area contributed by atoms with Crippen LogP contribution in [0.4, 0.5) is 5.69 Å². The number of rotatable bonds is 8. The Kier molecular flexibility index (Phi) is 8.67. The molecule has 0 aliphatic carbocycles. The maximum Gasteiger partial charge on any atom is 0.320 e. The molecule has 0 bridgehead atoms. The zero-order valence-corrected chi connectivity index (χ0v) is 14.8. The lowest BCUT2D eigenvalue weighted by Gasteiger charge is -2.23. The highest BCUT2D eigenvalue weighted by Crippen LogP contribution is 2.18. The van der Waals surface area contributed by atoms with Crippen molar-refractivity contribution >= 4 is 30.0 Å². The fraction of sp³-hybridized carbons (Fsp3) is 0.263. The first-order chi connectivity index (χ1) is 11.6. The summed E-state index contributed by atoms with van der Waals surface area (Å²) in [5.74, 6) is -1.24. The molecular formula is C19H23ClN2O3.